The number of nitrogens with zero attached hydrogens (tertiary/aromatic N) is 3. The average Bonchev–Trinajstić information content (AvgIpc) is 3.22. The lowest BCUT2D eigenvalue weighted by molar-refractivity contribution is -0.127. The molecule has 1 atom stereocenters. The minimum absolute atomic E-state index is 0.110. The highest BCUT2D eigenvalue weighted by Gasteiger charge is 2.22. The van der Waals surface area contributed by atoms with Gasteiger partial charge < -0.3 is 19.3 Å². The molecule has 0 spiro atoms. The minimum atomic E-state index is -1.05. The SMILES string of the molecule is COC(O)Cc1c(C)c(=O)n(CCN2CCCC2=O)c2cc(Cc3ccc(F)cc3)cnc12. The maximum absolute atomic E-state index is 13.3. The van der Waals surface area contributed by atoms with Crippen molar-refractivity contribution in [2.75, 3.05) is 20.2 Å². The van der Waals surface area contributed by atoms with Gasteiger partial charge in [-0.15, -0.1) is 0 Å². The lowest BCUT2D eigenvalue weighted by Gasteiger charge is -2.20. The van der Waals surface area contributed by atoms with Crippen molar-refractivity contribution in [1.82, 2.24) is 14.5 Å². The van der Waals surface area contributed by atoms with E-state index in [9.17, 15) is 19.1 Å². The first-order valence-corrected chi connectivity index (χ1v) is 11.1. The van der Waals surface area contributed by atoms with Crippen LogP contribution in [0.1, 0.15) is 35.1 Å². The summed E-state index contributed by atoms with van der Waals surface area (Å²) in [6, 6.07) is 8.20. The smallest absolute Gasteiger partial charge is 0.254 e. The zero-order valence-corrected chi connectivity index (χ0v) is 18.9. The van der Waals surface area contributed by atoms with Gasteiger partial charge in [0, 0.05) is 51.3 Å². The normalized spacial score (nSPS) is 14.9. The first-order chi connectivity index (χ1) is 15.9. The van der Waals surface area contributed by atoms with E-state index in [-0.39, 0.29) is 23.7 Å². The Morgan fingerprint density at radius 1 is 1.18 bits per heavy atom. The summed E-state index contributed by atoms with van der Waals surface area (Å²) in [4.78, 5) is 31.8. The van der Waals surface area contributed by atoms with E-state index in [0.29, 0.717) is 54.6 Å². The number of likely N-dealkylation sites (tertiary alicyclic amines) is 1. The number of pyridine rings is 2. The second-order valence-electron chi connectivity index (χ2n) is 8.45. The molecule has 1 aliphatic rings. The van der Waals surface area contributed by atoms with Crippen molar-refractivity contribution >= 4 is 16.9 Å². The molecule has 0 saturated carbocycles. The van der Waals surface area contributed by atoms with Crippen LogP contribution in [0, 0.1) is 12.7 Å². The molecule has 1 N–H and O–H groups in total. The molecule has 8 heteroatoms. The number of hydrogen-bond donors (Lipinski definition) is 1. The molecule has 1 fully saturated rings. The molecule has 174 valence electrons. The number of methoxy groups -OCH3 is 1. The van der Waals surface area contributed by atoms with Crippen molar-refractivity contribution in [1.29, 1.82) is 0 Å². The molecule has 0 bridgehead atoms. The molecule has 0 aliphatic carbocycles. The number of aromatic nitrogens is 2. The van der Waals surface area contributed by atoms with Crippen LogP contribution in [0.2, 0.25) is 0 Å². The molecule has 1 unspecified atom stereocenters. The van der Waals surface area contributed by atoms with Gasteiger partial charge in [-0.25, -0.2) is 4.39 Å². The Bertz CT molecular complexity index is 1220. The Labute approximate surface area is 191 Å². The lowest BCUT2D eigenvalue weighted by atomic mass is 10.0. The van der Waals surface area contributed by atoms with Crippen LogP contribution in [0.3, 0.4) is 0 Å². The van der Waals surface area contributed by atoms with Crippen molar-refractivity contribution in [2.45, 2.75) is 45.4 Å². The van der Waals surface area contributed by atoms with Gasteiger partial charge >= 0.3 is 0 Å². The highest BCUT2D eigenvalue weighted by Crippen LogP contribution is 2.23. The quantitative estimate of drug-likeness (QED) is 0.530. The molecule has 4 rings (SSSR count). The number of aliphatic hydroxyl groups is 1. The van der Waals surface area contributed by atoms with E-state index in [0.717, 1.165) is 17.5 Å². The molecule has 1 aliphatic heterocycles. The van der Waals surface area contributed by atoms with E-state index in [1.54, 1.807) is 34.7 Å². The summed E-state index contributed by atoms with van der Waals surface area (Å²) in [5.41, 5.74) is 4.05. The summed E-state index contributed by atoms with van der Waals surface area (Å²) < 4.78 is 20.0. The largest absolute Gasteiger partial charge is 0.368 e. The average molecular weight is 454 g/mol. The number of rotatable bonds is 8. The number of benzene rings is 1. The molecule has 3 aromatic rings. The van der Waals surface area contributed by atoms with Gasteiger partial charge in [-0.1, -0.05) is 12.1 Å². The number of carbonyl (C=O) groups is 1. The number of halogens is 1. The van der Waals surface area contributed by atoms with Crippen LogP contribution >= 0.6 is 0 Å². The predicted octanol–water partition coefficient (Wildman–Crippen LogP) is 2.56. The summed E-state index contributed by atoms with van der Waals surface area (Å²) in [7, 11) is 1.41. The number of aliphatic hydroxyl groups excluding tert-OH is 1. The van der Waals surface area contributed by atoms with Gasteiger partial charge in [-0.2, -0.15) is 0 Å². The van der Waals surface area contributed by atoms with Crippen molar-refractivity contribution in [3.8, 4) is 0 Å². The predicted molar refractivity (Wildman–Crippen MR) is 122 cm³/mol. The number of amides is 1. The second kappa shape index (κ2) is 9.80. The number of carbonyl (C=O) groups excluding carboxylic acids is 1. The fraction of sp³-hybridized carbons (Fsp3) is 0.400. The van der Waals surface area contributed by atoms with E-state index in [1.807, 2.05) is 6.07 Å². The molecular weight excluding hydrogens is 425 g/mol. The van der Waals surface area contributed by atoms with Crippen LogP contribution in [0.25, 0.3) is 11.0 Å². The molecule has 1 amide bonds. The van der Waals surface area contributed by atoms with E-state index in [4.69, 9.17) is 4.74 Å². The van der Waals surface area contributed by atoms with Crippen LogP contribution in [0.5, 0.6) is 0 Å². The monoisotopic (exact) mass is 453 g/mol. The molecule has 1 aromatic carbocycles. The van der Waals surface area contributed by atoms with Crippen LogP contribution < -0.4 is 5.56 Å². The molecule has 3 heterocycles. The molecule has 33 heavy (non-hydrogen) atoms. The maximum Gasteiger partial charge on any atom is 0.254 e. The van der Waals surface area contributed by atoms with Crippen molar-refractivity contribution in [2.24, 2.45) is 0 Å². The summed E-state index contributed by atoms with van der Waals surface area (Å²) in [5, 5.41) is 10.1. The number of hydrogen-bond acceptors (Lipinski definition) is 5. The van der Waals surface area contributed by atoms with Crippen molar-refractivity contribution in [3.05, 3.63) is 75.0 Å². The molecule has 1 saturated heterocycles. The van der Waals surface area contributed by atoms with E-state index >= 15 is 0 Å². The third-order valence-corrected chi connectivity index (χ3v) is 6.26. The standard InChI is InChI=1S/C25H28FN3O4/c1-16-20(14-23(31)33-2)24-21(29(25(16)32)11-10-28-9-3-4-22(28)30)13-18(15-27-24)12-17-5-7-19(26)8-6-17/h5-8,13,15,23,31H,3-4,9-12,14H2,1-2H3. The van der Waals surface area contributed by atoms with Crippen molar-refractivity contribution < 1.29 is 19.0 Å². The van der Waals surface area contributed by atoms with Crippen molar-refractivity contribution in [3.63, 3.8) is 0 Å². The third-order valence-electron chi connectivity index (χ3n) is 6.26. The fourth-order valence-corrected chi connectivity index (χ4v) is 4.38. The first kappa shape index (κ1) is 23.1. The molecule has 7 nitrogen and oxygen atoms in total. The second-order valence-corrected chi connectivity index (χ2v) is 8.45. The van der Waals surface area contributed by atoms with Crippen LogP contribution in [-0.2, 0) is 28.9 Å². The molecular formula is C25H28FN3O4. The Balaban J connectivity index is 1.77. The Morgan fingerprint density at radius 2 is 1.94 bits per heavy atom. The molecule has 0 radical (unpaired) electrons. The van der Waals surface area contributed by atoms with Crippen LogP contribution in [-0.4, -0.2) is 52.0 Å². The topological polar surface area (TPSA) is 84.7 Å². The number of ether oxygens (including phenoxy) is 1. The summed E-state index contributed by atoms with van der Waals surface area (Å²) in [6.45, 7) is 3.24. The van der Waals surface area contributed by atoms with Gasteiger partial charge in [-0.05, 0) is 54.7 Å². The highest BCUT2D eigenvalue weighted by atomic mass is 19.1. The lowest BCUT2D eigenvalue weighted by Crippen LogP contribution is -2.33. The fourth-order valence-electron chi connectivity index (χ4n) is 4.38. The Morgan fingerprint density at radius 3 is 2.61 bits per heavy atom. The van der Waals surface area contributed by atoms with Gasteiger partial charge in [0.25, 0.3) is 5.56 Å². The maximum atomic E-state index is 13.3. The van der Waals surface area contributed by atoms with E-state index in [2.05, 4.69) is 4.98 Å². The van der Waals surface area contributed by atoms with Gasteiger partial charge in [0.15, 0.2) is 6.29 Å². The van der Waals surface area contributed by atoms with Crippen LogP contribution in [0.15, 0.2) is 41.3 Å². The van der Waals surface area contributed by atoms with Crippen LogP contribution in [0.4, 0.5) is 4.39 Å². The van der Waals surface area contributed by atoms with E-state index in [1.165, 1.54) is 19.2 Å². The minimum Gasteiger partial charge on any atom is -0.368 e. The summed E-state index contributed by atoms with van der Waals surface area (Å²) in [6.07, 6.45) is 2.75. The summed E-state index contributed by atoms with van der Waals surface area (Å²) in [5.74, 6) is -0.184. The third kappa shape index (κ3) is 4.96. The zero-order valence-electron chi connectivity index (χ0n) is 18.9. The van der Waals surface area contributed by atoms with E-state index < -0.39 is 6.29 Å². The van der Waals surface area contributed by atoms with Gasteiger partial charge in [0.1, 0.15) is 5.82 Å². The summed E-state index contributed by atoms with van der Waals surface area (Å²) >= 11 is 0. The highest BCUT2D eigenvalue weighted by molar-refractivity contribution is 5.80. The first-order valence-electron chi connectivity index (χ1n) is 11.1. The molecule has 2 aromatic heterocycles. The Kier molecular flexibility index (Phi) is 6.85. The van der Waals surface area contributed by atoms with Gasteiger partial charge in [-0.3, -0.25) is 14.6 Å². The Hall–Kier alpha value is -3.10. The number of fused-ring (bicyclic) bond motifs is 1. The van der Waals surface area contributed by atoms with Gasteiger partial charge in [0.2, 0.25) is 5.91 Å². The van der Waals surface area contributed by atoms with Gasteiger partial charge in [0.05, 0.1) is 11.0 Å². The zero-order chi connectivity index (χ0) is 23.5.